The smallest absolute Gasteiger partial charge is 0.282 e. The van der Waals surface area contributed by atoms with Crippen molar-refractivity contribution < 1.29 is 13.5 Å². The summed E-state index contributed by atoms with van der Waals surface area (Å²) < 4.78 is 26.8. The molecule has 0 aromatic rings. The fourth-order valence-electron chi connectivity index (χ4n) is 2.08. The summed E-state index contributed by atoms with van der Waals surface area (Å²) >= 11 is 0. The summed E-state index contributed by atoms with van der Waals surface area (Å²) in [5.41, 5.74) is -0.785. The molecule has 2 rings (SSSR count). The van der Waals surface area contributed by atoms with Gasteiger partial charge in [0.2, 0.25) is 0 Å². The van der Waals surface area contributed by atoms with Gasteiger partial charge in [0.25, 0.3) is 10.2 Å². The van der Waals surface area contributed by atoms with Gasteiger partial charge in [0.15, 0.2) is 0 Å². The van der Waals surface area contributed by atoms with E-state index in [0.717, 1.165) is 12.8 Å². The second-order valence-electron chi connectivity index (χ2n) is 4.46. The molecular formula is C9H18N2O3S. The molecule has 15 heavy (non-hydrogen) atoms. The number of rotatable bonds is 3. The minimum atomic E-state index is -3.28. The van der Waals surface area contributed by atoms with Crippen LogP contribution in [0.2, 0.25) is 0 Å². The van der Waals surface area contributed by atoms with Crippen LogP contribution in [0.4, 0.5) is 0 Å². The molecule has 0 aromatic carbocycles. The third-order valence-electron chi connectivity index (χ3n) is 3.32. The van der Waals surface area contributed by atoms with Gasteiger partial charge in [-0.1, -0.05) is 6.92 Å². The van der Waals surface area contributed by atoms with Gasteiger partial charge in [0.1, 0.15) is 0 Å². The number of hydrogen-bond donors (Lipinski definition) is 1. The van der Waals surface area contributed by atoms with Crippen molar-refractivity contribution in [3.8, 4) is 0 Å². The fraction of sp³-hybridized carbons (Fsp3) is 1.00. The van der Waals surface area contributed by atoms with Crippen molar-refractivity contribution in [2.75, 3.05) is 26.2 Å². The van der Waals surface area contributed by atoms with Crippen LogP contribution in [0.25, 0.3) is 0 Å². The molecule has 0 saturated carbocycles. The third kappa shape index (κ3) is 1.91. The van der Waals surface area contributed by atoms with Crippen molar-refractivity contribution >= 4 is 10.2 Å². The second kappa shape index (κ2) is 3.69. The average molecular weight is 234 g/mol. The lowest BCUT2D eigenvalue weighted by Gasteiger charge is -2.45. The van der Waals surface area contributed by atoms with Crippen molar-refractivity contribution in [3.05, 3.63) is 0 Å². The number of β-amino-alcohol motifs (C(OH)–C–C–N with tert-alkyl or cyclic N) is 1. The molecule has 0 aromatic heterocycles. The highest BCUT2D eigenvalue weighted by molar-refractivity contribution is 7.86. The van der Waals surface area contributed by atoms with Crippen LogP contribution >= 0.6 is 0 Å². The molecule has 2 aliphatic rings. The Morgan fingerprint density at radius 3 is 2.20 bits per heavy atom. The van der Waals surface area contributed by atoms with E-state index in [2.05, 4.69) is 0 Å². The molecule has 2 aliphatic heterocycles. The van der Waals surface area contributed by atoms with E-state index in [1.807, 2.05) is 6.92 Å². The summed E-state index contributed by atoms with van der Waals surface area (Å²) in [6.07, 6.45) is 2.51. The summed E-state index contributed by atoms with van der Waals surface area (Å²) in [4.78, 5) is 0. The Morgan fingerprint density at radius 1 is 1.20 bits per heavy atom. The lowest BCUT2D eigenvalue weighted by atomic mass is 9.94. The topological polar surface area (TPSA) is 60.9 Å². The largest absolute Gasteiger partial charge is 0.387 e. The van der Waals surface area contributed by atoms with E-state index < -0.39 is 15.8 Å². The summed E-state index contributed by atoms with van der Waals surface area (Å²) in [7, 11) is -3.28. The van der Waals surface area contributed by atoms with E-state index in [-0.39, 0.29) is 13.1 Å². The van der Waals surface area contributed by atoms with Gasteiger partial charge in [-0.05, 0) is 19.3 Å². The second-order valence-corrected chi connectivity index (χ2v) is 6.39. The Labute approximate surface area is 90.9 Å². The Morgan fingerprint density at radius 2 is 1.73 bits per heavy atom. The Hall–Kier alpha value is -0.170. The van der Waals surface area contributed by atoms with Gasteiger partial charge in [0, 0.05) is 26.2 Å². The van der Waals surface area contributed by atoms with Crippen LogP contribution in [0, 0.1) is 0 Å². The third-order valence-corrected chi connectivity index (χ3v) is 5.25. The van der Waals surface area contributed by atoms with Crippen molar-refractivity contribution in [2.45, 2.75) is 31.8 Å². The standard InChI is InChI=1S/C9H18N2O3S/c1-2-9(12)7-11(8-9)15(13,14)10-5-3-4-6-10/h12H,2-8H2,1H3. The Kier molecular flexibility index (Phi) is 2.79. The molecule has 5 nitrogen and oxygen atoms in total. The van der Waals surface area contributed by atoms with E-state index in [1.54, 1.807) is 0 Å². The summed E-state index contributed by atoms with van der Waals surface area (Å²) in [5.74, 6) is 0. The van der Waals surface area contributed by atoms with Gasteiger partial charge in [-0.25, -0.2) is 0 Å². The van der Waals surface area contributed by atoms with Crippen molar-refractivity contribution in [1.29, 1.82) is 0 Å². The van der Waals surface area contributed by atoms with E-state index in [0.29, 0.717) is 19.5 Å². The van der Waals surface area contributed by atoms with Crippen LogP contribution in [0.15, 0.2) is 0 Å². The zero-order valence-electron chi connectivity index (χ0n) is 9.02. The molecule has 0 unspecified atom stereocenters. The molecule has 1 N–H and O–H groups in total. The van der Waals surface area contributed by atoms with E-state index in [1.165, 1.54) is 8.61 Å². The quantitative estimate of drug-likeness (QED) is 0.734. The zero-order valence-corrected chi connectivity index (χ0v) is 9.83. The fourth-order valence-corrected chi connectivity index (χ4v) is 3.93. The molecule has 0 bridgehead atoms. The average Bonchev–Trinajstić information content (AvgIpc) is 2.65. The van der Waals surface area contributed by atoms with Crippen LogP contribution in [0.3, 0.4) is 0 Å². The molecule has 2 saturated heterocycles. The first kappa shape index (κ1) is 11.3. The summed E-state index contributed by atoms with van der Waals surface area (Å²) in [6, 6.07) is 0. The first-order valence-electron chi connectivity index (χ1n) is 5.45. The summed E-state index contributed by atoms with van der Waals surface area (Å²) in [5, 5.41) is 9.77. The van der Waals surface area contributed by atoms with Gasteiger partial charge >= 0.3 is 0 Å². The molecular weight excluding hydrogens is 216 g/mol. The Balaban J connectivity index is 2.00. The molecule has 2 fully saturated rings. The molecule has 6 heteroatoms. The number of aliphatic hydroxyl groups is 1. The Bertz CT molecular complexity index is 329. The monoisotopic (exact) mass is 234 g/mol. The lowest BCUT2D eigenvalue weighted by molar-refractivity contribution is -0.0633. The molecule has 0 radical (unpaired) electrons. The predicted octanol–water partition coefficient (Wildman–Crippen LogP) is -0.216. The van der Waals surface area contributed by atoms with Crippen LogP contribution < -0.4 is 0 Å². The highest BCUT2D eigenvalue weighted by atomic mass is 32.2. The van der Waals surface area contributed by atoms with Crippen molar-refractivity contribution in [3.63, 3.8) is 0 Å². The van der Waals surface area contributed by atoms with E-state index in [9.17, 15) is 13.5 Å². The zero-order chi connectivity index (χ0) is 11.1. The lowest BCUT2D eigenvalue weighted by Crippen LogP contribution is -2.65. The van der Waals surface area contributed by atoms with Gasteiger partial charge in [0.05, 0.1) is 5.60 Å². The molecule has 0 aliphatic carbocycles. The predicted molar refractivity (Wildman–Crippen MR) is 56.5 cm³/mol. The van der Waals surface area contributed by atoms with Gasteiger partial charge in [-0.15, -0.1) is 0 Å². The maximum absolute atomic E-state index is 12.0. The maximum Gasteiger partial charge on any atom is 0.282 e. The minimum absolute atomic E-state index is 0.252. The normalized spacial score (nSPS) is 27.9. The number of nitrogens with zero attached hydrogens (tertiary/aromatic N) is 2. The first-order valence-corrected chi connectivity index (χ1v) is 6.85. The SMILES string of the molecule is CCC1(O)CN(S(=O)(=O)N2CCCC2)C1. The van der Waals surface area contributed by atoms with E-state index >= 15 is 0 Å². The van der Waals surface area contributed by atoms with Crippen LogP contribution in [-0.2, 0) is 10.2 Å². The molecule has 0 amide bonds. The molecule has 0 spiro atoms. The van der Waals surface area contributed by atoms with Crippen LogP contribution in [0.5, 0.6) is 0 Å². The van der Waals surface area contributed by atoms with Crippen molar-refractivity contribution in [2.24, 2.45) is 0 Å². The summed E-state index contributed by atoms with van der Waals surface area (Å²) in [6.45, 7) is 3.64. The highest BCUT2D eigenvalue weighted by Crippen LogP contribution is 2.29. The van der Waals surface area contributed by atoms with Crippen molar-refractivity contribution in [1.82, 2.24) is 8.61 Å². The number of hydrogen-bond acceptors (Lipinski definition) is 3. The van der Waals surface area contributed by atoms with Gasteiger partial charge in [-0.2, -0.15) is 17.0 Å². The van der Waals surface area contributed by atoms with Gasteiger partial charge < -0.3 is 5.11 Å². The molecule has 2 heterocycles. The maximum atomic E-state index is 12.0. The van der Waals surface area contributed by atoms with E-state index in [4.69, 9.17) is 0 Å². The molecule has 88 valence electrons. The van der Waals surface area contributed by atoms with Crippen LogP contribution in [0.1, 0.15) is 26.2 Å². The van der Waals surface area contributed by atoms with Gasteiger partial charge in [-0.3, -0.25) is 0 Å². The highest BCUT2D eigenvalue weighted by Gasteiger charge is 2.47. The van der Waals surface area contributed by atoms with Crippen LogP contribution in [-0.4, -0.2) is 53.9 Å². The minimum Gasteiger partial charge on any atom is -0.387 e. The molecule has 0 atom stereocenters. The first-order chi connectivity index (χ1) is 6.98.